The number of halogens is 4. The number of hydrogen-bond donors (Lipinski definition) is 0. The Balaban J connectivity index is 1.81. The molecule has 0 radical (unpaired) electrons. The number of alkyl halides is 3. The summed E-state index contributed by atoms with van der Waals surface area (Å²) in [7, 11) is 1.17. The molecule has 150 valence electrons. The van der Waals surface area contributed by atoms with Crippen molar-refractivity contribution in [3.63, 3.8) is 0 Å². The SMILES string of the molecule is Cn1c(S[C@H]2CCCCN(C(=O)c3ccc(F)cc3)C2=O)nnc1C(F)(F)F. The molecule has 1 aliphatic rings. The predicted octanol–water partition coefficient (Wildman–Crippen LogP) is 3.29. The summed E-state index contributed by atoms with van der Waals surface area (Å²) in [4.78, 5) is 26.6. The zero-order chi connectivity index (χ0) is 20.5. The van der Waals surface area contributed by atoms with Gasteiger partial charge >= 0.3 is 6.18 Å². The molecule has 2 aromatic rings. The van der Waals surface area contributed by atoms with Crippen LogP contribution in [0.25, 0.3) is 0 Å². The zero-order valence-electron chi connectivity index (χ0n) is 14.7. The number of benzene rings is 1. The van der Waals surface area contributed by atoms with Crippen molar-refractivity contribution in [3.05, 3.63) is 41.5 Å². The minimum atomic E-state index is -4.65. The van der Waals surface area contributed by atoms with E-state index >= 15 is 0 Å². The van der Waals surface area contributed by atoms with Gasteiger partial charge in [-0.3, -0.25) is 14.5 Å². The Morgan fingerprint density at radius 2 is 1.86 bits per heavy atom. The molecule has 0 bridgehead atoms. The lowest BCUT2D eigenvalue weighted by Gasteiger charge is -2.22. The molecule has 0 spiro atoms. The molecule has 2 heterocycles. The first-order valence-corrected chi connectivity index (χ1v) is 9.31. The summed E-state index contributed by atoms with van der Waals surface area (Å²) < 4.78 is 52.5. The summed E-state index contributed by atoms with van der Waals surface area (Å²) in [5, 5.41) is 5.87. The number of imide groups is 1. The highest BCUT2D eigenvalue weighted by molar-refractivity contribution is 8.00. The van der Waals surface area contributed by atoms with Gasteiger partial charge in [-0.05, 0) is 37.1 Å². The van der Waals surface area contributed by atoms with Crippen LogP contribution in [-0.4, -0.2) is 43.3 Å². The normalized spacial score (nSPS) is 18.2. The Morgan fingerprint density at radius 3 is 2.46 bits per heavy atom. The molecule has 0 unspecified atom stereocenters. The smallest absolute Gasteiger partial charge is 0.302 e. The fourth-order valence-corrected chi connectivity index (χ4v) is 3.96. The van der Waals surface area contributed by atoms with Gasteiger partial charge in [0, 0.05) is 19.2 Å². The van der Waals surface area contributed by atoms with E-state index in [1.165, 1.54) is 19.2 Å². The van der Waals surface area contributed by atoms with E-state index in [0.29, 0.717) is 19.3 Å². The fourth-order valence-electron chi connectivity index (χ4n) is 2.86. The van der Waals surface area contributed by atoms with E-state index in [9.17, 15) is 27.2 Å². The van der Waals surface area contributed by atoms with Crippen molar-refractivity contribution in [2.45, 2.75) is 35.8 Å². The molecule has 0 aliphatic carbocycles. The highest BCUT2D eigenvalue weighted by Gasteiger charge is 2.39. The van der Waals surface area contributed by atoms with Crippen LogP contribution in [-0.2, 0) is 18.0 Å². The van der Waals surface area contributed by atoms with Crippen LogP contribution in [0.15, 0.2) is 29.4 Å². The lowest BCUT2D eigenvalue weighted by Crippen LogP contribution is -2.41. The molecular weight excluding hydrogens is 400 g/mol. The Labute approximate surface area is 161 Å². The van der Waals surface area contributed by atoms with Gasteiger partial charge in [0.25, 0.3) is 5.91 Å². The van der Waals surface area contributed by atoms with Gasteiger partial charge in [-0.2, -0.15) is 13.2 Å². The summed E-state index contributed by atoms with van der Waals surface area (Å²) in [6, 6.07) is 4.83. The maximum Gasteiger partial charge on any atom is 0.451 e. The largest absolute Gasteiger partial charge is 0.451 e. The summed E-state index contributed by atoms with van der Waals surface area (Å²) in [6.07, 6.45) is -3.06. The first-order chi connectivity index (χ1) is 13.2. The van der Waals surface area contributed by atoms with Crippen LogP contribution < -0.4 is 0 Å². The van der Waals surface area contributed by atoms with Gasteiger partial charge in [0.15, 0.2) is 5.16 Å². The van der Waals surface area contributed by atoms with Crippen molar-refractivity contribution in [2.24, 2.45) is 7.05 Å². The van der Waals surface area contributed by atoms with Crippen LogP contribution in [0.3, 0.4) is 0 Å². The number of rotatable bonds is 3. The van der Waals surface area contributed by atoms with Gasteiger partial charge in [0.05, 0.1) is 5.25 Å². The van der Waals surface area contributed by atoms with E-state index < -0.39 is 34.9 Å². The van der Waals surface area contributed by atoms with Crippen LogP contribution in [0.2, 0.25) is 0 Å². The molecule has 1 aromatic heterocycles. The molecule has 1 fully saturated rings. The quantitative estimate of drug-likeness (QED) is 0.568. The molecule has 1 atom stereocenters. The van der Waals surface area contributed by atoms with Crippen LogP contribution >= 0.6 is 11.8 Å². The molecule has 0 N–H and O–H groups in total. The Morgan fingerprint density at radius 1 is 1.18 bits per heavy atom. The van der Waals surface area contributed by atoms with Gasteiger partial charge in [-0.25, -0.2) is 4.39 Å². The van der Waals surface area contributed by atoms with E-state index in [1.807, 2.05) is 0 Å². The van der Waals surface area contributed by atoms with E-state index in [-0.39, 0.29) is 17.3 Å². The van der Waals surface area contributed by atoms with E-state index in [2.05, 4.69) is 10.2 Å². The van der Waals surface area contributed by atoms with Crippen LogP contribution in [0, 0.1) is 5.82 Å². The van der Waals surface area contributed by atoms with Crippen molar-refractivity contribution in [3.8, 4) is 0 Å². The first kappa shape index (κ1) is 20.3. The second kappa shape index (κ2) is 7.90. The molecule has 0 saturated carbocycles. The summed E-state index contributed by atoms with van der Waals surface area (Å²) in [5.41, 5.74) is 0.165. The second-order valence-electron chi connectivity index (χ2n) is 6.27. The minimum Gasteiger partial charge on any atom is -0.302 e. The third kappa shape index (κ3) is 4.18. The Kier molecular flexibility index (Phi) is 5.73. The van der Waals surface area contributed by atoms with Gasteiger partial charge in [0.2, 0.25) is 11.7 Å². The number of hydrogen-bond acceptors (Lipinski definition) is 5. The van der Waals surface area contributed by atoms with Crippen LogP contribution in [0.1, 0.15) is 35.4 Å². The van der Waals surface area contributed by atoms with Crippen molar-refractivity contribution in [2.75, 3.05) is 6.54 Å². The number of carbonyl (C=O) groups excluding carboxylic acids is 2. The molecule has 11 heteroatoms. The molecule has 28 heavy (non-hydrogen) atoms. The number of nitrogens with zero attached hydrogens (tertiary/aromatic N) is 4. The third-order valence-electron chi connectivity index (χ3n) is 4.31. The molecule has 1 saturated heterocycles. The fraction of sp³-hybridized carbons (Fsp3) is 0.412. The summed E-state index contributed by atoms with van der Waals surface area (Å²) in [5.74, 6) is -2.73. The van der Waals surface area contributed by atoms with Crippen LogP contribution in [0.5, 0.6) is 0 Å². The Hall–Kier alpha value is -2.43. The van der Waals surface area contributed by atoms with Gasteiger partial charge in [0.1, 0.15) is 5.82 Å². The van der Waals surface area contributed by atoms with E-state index in [1.54, 1.807) is 0 Å². The van der Waals surface area contributed by atoms with Crippen molar-refractivity contribution < 1.29 is 27.2 Å². The van der Waals surface area contributed by atoms with Crippen molar-refractivity contribution in [1.82, 2.24) is 19.7 Å². The molecule has 1 aromatic carbocycles. The van der Waals surface area contributed by atoms with Gasteiger partial charge < -0.3 is 4.57 Å². The van der Waals surface area contributed by atoms with Crippen LogP contribution in [0.4, 0.5) is 17.6 Å². The number of carbonyl (C=O) groups is 2. The van der Waals surface area contributed by atoms with Gasteiger partial charge in [-0.15, -0.1) is 10.2 Å². The topological polar surface area (TPSA) is 68.1 Å². The standard InChI is InChI=1S/C17H16F4N4O2S/c1-24-15(17(19,20)21)22-23-16(24)28-12-4-2-3-9-25(14(12)27)13(26)10-5-7-11(18)8-6-10/h5-8,12H,2-4,9H2,1H3/t12-/m0/s1. The number of thioether (sulfide) groups is 1. The lowest BCUT2D eigenvalue weighted by atomic mass is 10.2. The Bertz CT molecular complexity index is 882. The monoisotopic (exact) mass is 416 g/mol. The predicted molar refractivity (Wildman–Crippen MR) is 91.9 cm³/mol. The molecule has 1 aliphatic heterocycles. The number of likely N-dealkylation sites (tertiary alicyclic amines) is 1. The maximum atomic E-state index is 13.1. The first-order valence-electron chi connectivity index (χ1n) is 8.43. The van der Waals surface area contributed by atoms with Gasteiger partial charge in [-0.1, -0.05) is 18.2 Å². The number of amides is 2. The second-order valence-corrected chi connectivity index (χ2v) is 7.44. The summed E-state index contributed by atoms with van der Waals surface area (Å²) >= 11 is 0.854. The molecule has 6 nitrogen and oxygen atoms in total. The highest BCUT2D eigenvalue weighted by atomic mass is 32.2. The average molecular weight is 416 g/mol. The molecule has 2 amide bonds. The highest BCUT2D eigenvalue weighted by Crippen LogP contribution is 2.33. The lowest BCUT2D eigenvalue weighted by molar-refractivity contribution is -0.147. The zero-order valence-corrected chi connectivity index (χ0v) is 15.6. The third-order valence-corrected chi connectivity index (χ3v) is 5.60. The summed E-state index contributed by atoms with van der Waals surface area (Å²) in [6.45, 7) is 0.193. The maximum absolute atomic E-state index is 13.1. The van der Waals surface area contributed by atoms with E-state index in [4.69, 9.17) is 0 Å². The molecule has 3 rings (SSSR count). The average Bonchev–Trinajstić information content (AvgIpc) is 2.90. The minimum absolute atomic E-state index is 0.0539. The molecular formula is C17H16F4N4O2S. The van der Waals surface area contributed by atoms with Crippen molar-refractivity contribution >= 4 is 23.6 Å². The van der Waals surface area contributed by atoms with Crippen molar-refractivity contribution in [1.29, 1.82) is 0 Å². The number of aromatic nitrogens is 3. The van der Waals surface area contributed by atoms with E-state index in [0.717, 1.165) is 33.4 Å².